The number of hydrogen-bond acceptors (Lipinski definition) is 5. The van der Waals surface area contributed by atoms with E-state index in [1.54, 1.807) is 13.1 Å². The van der Waals surface area contributed by atoms with Crippen molar-refractivity contribution in [3.63, 3.8) is 0 Å². The highest BCUT2D eigenvalue weighted by molar-refractivity contribution is 6.28. The van der Waals surface area contributed by atoms with E-state index in [0.717, 1.165) is 43.2 Å². The monoisotopic (exact) mass is 420 g/mol. The molecular weight excluding hydrogens is 392 g/mol. The third kappa shape index (κ3) is 3.01. The van der Waals surface area contributed by atoms with Crippen molar-refractivity contribution >= 4 is 28.7 Å². The highest BCUT2D eigenvalue weighted by Gasteiger charge is 2.60. The lowest BCUT2D eigenvalue weighted by Gasteiger charge is -2.58. The molecule has 158 valence electrons. The quantitative estimate of drug-likeness (QED) is 0.621. The van der Waals surface area contributed by atoms with Gasteiger partial charge in [0.25, 0.3) is 0 Å². The second-order valence-corrected chi connectivity index (χ2v) is 9.80. The smallest absolute Gasteiger partial charge is 0.413 e. The van der Waals surface area contributed by atoms with Gasteiger partial charge in [0, 0.05) is 17.3 Å². The van der Waals surface area contributed by atoms with Crippen LogP contribution in [0, 0.1) is 0 Å². The Bertz CT molecular complexity index is 957. The van der Waals surface area contributed by atoms with Crippen molar-refractivity contribution < 1.29 is 14.6 Å². The summed E-state index contributed by atoms with van der Waals surface area (Å²) in [4.78, 5) is 23.4. The van der Waals surface area contributed by atoms with E-state index in [9.17, 15) is 9.90 Å². The van der Waals surface area contributed by atoms with Crippen molar-refractivity contribution in [2.24, 2.45) is 0 Å². The van der Waals surface area contributed by atoms with Crippen molar-refractivity contribution in [3.8, 4) is 0 Å². The predicted molar refractivity (Wildman–Crippen MR) is 111 cm³/mol. The van der Waals surface area contributed by atoms with Crippen LogP contribution in [-0.4, -0.2) is 42.0 Å². The molecule has 2 aliphatic rings. The first-order chi connectivity index (χ1) is 13.5. The summed E-state index contributed by atoms with van der Waals surface area (Å²) in [5.74, 6) is 0. The Labute approximate surface area is 176 Å². The predicted octanol–water partition coefficient (Wildman–Crippen LogP) is 4.76. The lowest BCUT2D eigenvalue weighted by Crippen LogP contribution is -2.69. The summed E-state index contributed by atoms with van der Waals surface area (Å²) in [5.41, 5.74) is -1.20. The average molecular weight is 421 g/mol. The summed E-state index contributed by atoms with van der Waals surface area (Å²) >= 11 is 6.12. The summed E-state index contributed by atoms with van der Waals surface area (Å²) in [7, 11) is 0. The molecule has 2 aromatic heterocycles. The highest BCUT2D eigenvalue weighted by Crippen LogP contribution is 2.53. The van der Waals surface area contributed by atoms with Gasteiger partial charge in [-0.15, -0.1) is 0 Å². The minimum absolute atomic E-state index is 0.172. The number of rotatable bonds is 0. The topological polar surface area (TPSA) is 80.5 Å². The van der Waals surface area contributed by atoms with Crippen LogP contribution in [0.25, 0.3) is 11.0 Å². The fraction of sp³-hybridized carbons (Fsp3) is 0.667. The molecule has 8 heteroatoms. The molecule has 1 N–H and O–H groups in total. The van der Waals surface area contributed by atoms with Gasteiger partial charge in [-0.1, -0.05) is 19.3 Å². The maximum absolute atomic E-state index is 13.2. The lowest BCUT2D eigenvalue weighted by atomic mass is 9.71. The molecule has 2 atom stereocenters. The maximum atomic E-state index is 13.2. The van der Waals surface area contributed by atoms with Gasteiger partial charge in [0.2, 0.25) is 5.28 Å². The molecule has 1 aliphatic carbocycles. The molecule has 0 saturated heterocycles. The first-order valence-electron chi connectivity index (χ1n) is 10.3. The largest absolute Gasteiger partial charge is 0.444 e. The number of amides is 1. The van der Waals surface area contributed by atoms with Crippen LogP contribution in [-0.2, 0) is 10.3 Å². The minimum atomic E-state index is -1.45. The fourth-order valence-corrected chi connectivity index (χ4v) is 5.30. The number of aromatic nitrogens is 3. The molecule has 1 saturated carbocycles. The Morgan fingerprint density at radius 3 is 2.59 bits per heavy atom. The zero-order valence-corrected chi connectivity index (χ0v) is 18.5. The molecule has 0 bridgehead atoms. The van der Waals surface area contributed by atoms with E-state index in [-0.39, 0.29) is 5.28 Å². The molecule has 4 rings (SSSR count). The Morgan fingerprint density at radius 2 is 1.97 bits per heavy atom. The zero-order valence-electron chi connectivity index (χ0n) is 17.7. The summed E-state index contributed by atoms with van der Waals surface area (Å²) in [6.07, 6.45) is 5.69. The average Bonchev–Trinajstić information content (AvgIpc) is 2.99. The summed E-state index contributed by atoms with van der Waals surface area (Å²) in [6.45, 7) is 9.14. The number of carbonyl (C=O) groups is 1. The molecule has 2 aromatic rings. The minimum Gasteiger partial charge on any atom is -0.444 e. The Balaban J connectivity index is 1.97. The summed E-state index contributed by atoms with van der Waals surface area (Å²) in [6, 6.07) is 1.60. The fourth-order valence-electron chi connectivity index (χ4n) is 5.17. The maximum Gasteiger partial charge on any atom is 0.413 e. The van der Waals surface area contributed by atoms with Crippen molar-refractivity contribution in [2.45, 2.75) is 89.6 Å². The highest BCUT2D eigenvalue weighted by atomic mass is 35.5. The summed E-state index contributed by atoms with van der Waals surface area (Å²) < 4.78 is 7.82. The van der Waals surface area contributed by atoms with Crippen LogP contribution in [0.2, 0.25) is 5.28 Å². The van der Waals surface area contributed by atoms with Gasteiger partial charge in [0.15, 0.2) is 5.72 Å². The van der Waals surface area contributed by atoms with E-state index in [1.165, 1.54) is 4.90 Å². The molecule has 1 amide bonds. The van der Waals surface area contributed by atoms with E-state index in [1.807, 2.05) is 33.8 Å². The molecule has 0 radical (unpaired) electrons. The second kappa shape index (κ2) is 6.57. The summed E-state index contributed by atoms with van der Waals surface area (Å²) in [5, 5.41) is 13.0. The standard InChI is InChI=1S/C21H29ClN4O3/c1-13-15-11-14-12-23-17(22)24-16(14)26(15)21(9-7-6-8-10-21)20(5,28)25(13)18(27)29-19(2,3)4/h11-13,28H,6-10H2,1-5H3. The van der Waals surface area contributed by atoms with Crippen LogP contribution in [0.5, 0.6) is 0 Å². The third-order valence-corrected chi connectivity index (χ3v) is 6.59. The van der Waals surface area contributed by atoms with Gasteiger partial charge in [-0.25, -0.2) is 9.78 Å². The molecule has 7 nitrogen and oxygen atoms in total. The van der Waals surface area contributed by atoms with Gasteiger partial charge in [-0.05, 0) is 65.1 Å². The van der Waals surface area contributed by atoms with Gasteiger partial charge < -0.3 is 14.4 Å². The van der Waals surface area contributed by atoms with Gasteiger partial charge in [0.05, 0.1) is 11.6 Å². The van der Waals surface area contributed by atoms with Crippen LogP contribution in [0.4, 0.5) is 4.79 Å². The molecule has 1 fully saturated rings. The SMILES string of the molecule is CC1c2cc3cnc(Cl)nc3n2C2(CCCCC2)C(C)(O)N1C(=O)OC(C)(C)C. The number of hydrogen-bond donors (Lipinski definition) is 1. The van der Waals surface area contributed by atoms with Crippen molar-refractivity contribution in [3.05, 3.63) is 23.2 Å². The van der Waals surface area contributed by atoms with Crippen LogP contribution in [0.3, 0.4) is 0 Å². The number of fused-ring (bicyclic) bond motifs is 4. The molecular formula is C21H29ClN4O3. The van der Waals surface area contributed by atoms with Gasteiger partial charge in [0.1, 0.15) is 11.2 Å². The number of ether oxygens (including phenoxy) is 1. The van der Waals surface area contributed by atoms with E-state index in [4.69, 9.17) is 16.3 Å². The van der Waals surface area contributed by atoms with Crippen molar-refractivity contribution in [1.82, 2.24) is 19.4 Å². The van der Waals surface area contributed by atoms with Crippen LogP contribution in [0.1, 0.15) is 78.5 Å². The second-order valence-electron chi connectivity index (χ2n) is 9.46. The first-order valence-corrected chi connectivity index (χ1v) is 10.6. The Hall–Kier alpha value is -1.86. The number of carbonyl (C=O) groups excluding carboxylic acids is 1. The zero-order chi connectivity index (χ0) is 21.2. The lowest BCUT2D eigenvalue weighted by molar-refractivity contribution is -0.204. The Morgan fingerprint density at radius 1 is 1.31 bits per heavy atom. The number of aliphatic hydroxyl groups is 1. The van der Waals surface area contributed by atoms with E-state index < -0.39 is 29.0 Å². The Kier molecular flexibility index (Phi) is 4.63. The molecule has 29 heavy (non-hydrogen) atoms. The van der Waals surface area contributed by atoms with Gasteiger partial charge in [-0.3, -0.25) is 4.90 Å². The van der Waals surface area contributed by atoms with Crippen LogP contribution < -0.4 is 0 Å². The van der Waals surface area contributed by atoms with Crippen LogP contribution >= 0.6 is 11.6 Å². The normalized spacial score (nSPS) is 26.6. The van der Waals surface area contributed by atoms with E-state index in [0.29, 0.717) is 5.65 Å². The number of halogens is 1. The number of nitrogens with zero attached hydrogens (tertiary/aromatic N) is 4. The third-order valence-electron chi connectivity index (χ3n) is 6.40. The van der Waals surface area contributed by atoms with Crippen LogP contribution in [0.15, 0.2) is 12.3 Å². The van der Waals surface area contributed by atoms with Crippen molar-refractivity contribution in [2.75, 3.05) is 0 Å². The molecule has 1 spiro atoms. The van der Waals surface area contributed by atoms with Gasteiger partial charge >= 0.3 is 6.09 Å². The van der Waals surface area contributed by atoms with E-state index >= 15 is 0 Å². The van der Waals surface area contributed by atoms with Crippen molar-refractivity contribution in [1.29, 1.82) is 0 Å². The molecule has 3 heterocycles. The van der Waals surface area contributed by atoms with E-state index in [2.05, 4.69) is 14.5 Å². The molecule has 2 unspecified atom stereocenters. The first kappa shape index (κ1) is 20.4. The van der Waals surface area contributed by atoms with Gasteiger partial charge in [-0.2, -0.15) is 4.98 Å². The molecule has 1 aliphatic heterocycles. The molecule has 0 aromatic carbocycles.